The highest BCUT2D eigenvalue weighted by atomic mass is 79.9. The fourth-order valence-electron chi connectivity index (χ4n) is 1.65. The smallest absolute Gasteiger partial charge is 0.108 e. The molecule has 0 amide bonds. The molecule has 2 nitrogen and oxygen atoms in total. The van der Waals surface area contributed by atoms with Gasteiger partial charge in [0.2, 0.25) is 0 Å². The third-order valence-electron chi connectivity index (χ3n) is 2.39. The summed E-state index contributed by atoms with van der Waals surface area (Å²) in [5.74, 6) is 1.53. The number of H-pyrrole nitrogens is 1. The van der Waals surface area contributed by atoms with E-state index in [4.69, 9.17) is 11.6 Å². The number of hydrogen-bond acceptors (Lipinski definition) is 1. The molecule has 0 atom stereocenters. The topological polar surface area (TPSA) is 28.7 Å². The molecule has 0 saturated heterocycles. The second kappa shape index (κ2) is 5.02. The molecule has 0 aliphatic heterocycles. The molecule has 2 rings (SSSR count). The van der Waals surface area contributed by atoms with E-state index in [2.05, 4.69) is 32.0 Å². The van der Waals surface area contributed by atoms with Crippen molar-refractivity contribution in [2.75, 3.05) is 5.88 Å². The second-order valence-corrected chi connectivity index (χ2v) is 4.81. The molecule has 84 valence electrons. The van der Waals surface area contributed by atoms with Gasteiger partial charge in [-0.05, 0) is 13.0 Å². The van der Waals surface area contributed by atoms with Crippen LogP contribution < -0.4 is 0 Å². The van der Waals surface area contributed by atoms with Gasteiger partial charge in [0.25, 0.3) is 0 Å². The molecule has 16 heavy (non-hydrogen) atoms. The maximum absolute atomic E-state index is 5.71. The Morgan fingerprint density at radius 1 is 1.38 bits per heavy atom. The maximum atomic E-state index is 5.71. The summed E-state index contributed by atoms with van der Waals surface area (Å²) in [5, 5.41) is 0. The van der Waals surface area contributed by atoms with Crippen LogP contribution in [0.4, 0.5) is 0 Å². The average molecular weight is 300 g/mol. The van der Waals surface area contributed by atoms with Crippen molar-refractivity contribution >= 4 is 27.5 Å². The lowest BCUT2D eigenvalue weighted by molar-refractivity contribution is 0.988. The van der Waals surface area contributed by atoms with E-state index in [1.807, 2.05) is 25.1 Å². The standard InChI is InChI=1S/C12H12BrClN2/c1-8-12(16-11(15-8)6-7-14)9-4-2-3-5-10(9)13/h2-5H,6-7H2,1H3,(H,15,16). The number of aromatic amines is 1. The van der Waals surface area contributed by atoms with Crippen LogP contribution in [0.25, 0.3) is 11.3 Å². The molecule has 1 N–H and O–H groups in total. The maximum Gasteiger partial charge on any atom is 0.108 e. The Morgan fingerprint density at radius 2 is 2.12 bits per heavy atom. The Bertz CT molecular complexity index is 494. The molecular formula is C12H12BrClN2. The van der Waals surface area contributed by atoms with Crippen LogP contribution in [-0.2, 0) is 6.42 Å². The van der Waals surface area contributed by atoms with E-state index in [0.717, 1.165) is 33.7 Å². The summed E-state index contributed by atoms with van der Waals surface area (Å²) >= 11 is 9.24. The Kier molecular flexibility index (Phi) is 3.66. The highest BCUT2D eigenvalue weighted by Crippen LogP contribution is 2.28. The van der Waals surface area contributed by atoms with Gasteiger partial charge in [0.1, 0.15) is 5.82 Å². The molecule has 1 aromatic carbocycles. The molecule has 1 heterocycles. The van der Waals surface area contributed by atoms with Crippen LogP contribution >= 0.6 is 27.5 Å². The summed E-state index contributed by atoms with van der Waals surface area (Å²) in [6.45, 7) is 2.03. The number of benzene rings is 1. The predicted molar refractivity (Wildman–Crippen MR) is 70.9 cm³/mol. The van der Waals surface area contributed by atoms with Crippen molar-refractivity contribution in [3.63, 3.8) is 0 Å². The van der Waals surface area contributed by atoms with Crippen LogP contribution in [0, 0.1) is 6.92 Å². The van der Waals surface area contributed by atoms with Gasteiger partial charge < -0.3 is 4.98 Å². The number of alkyl halides is 1. The Hall–Kier alpha value is -0.800. The number of halogens is 2. The van der Waals surface area contributed by atoms with Crippen molar-refractivity contribution in [1.82, 2.24) is 9.97 Å². The monoisotopic (exact) mass is 298 g/mol. The van der Waals surface area contributed by atoms with Gasteiger partial charge in [-0.3, -0.25) is 0 Å². The third-order valence-corrected chi connectivity index (χ3v) is 3.27. The zero-order valence-corrected chi connectivity index (χ0v) is 11.3. The van der Waals surface area contributed by atoms with Crippen molar-refractivity contribution in [3.8, 4) is 11.3 Å². The van der Waals surface area contributed by atoms with Gasteiger partial charge in [-0.1, -0.05) is 34.1 Å². The number of rotatable bonds is 3. The fraction of sp³-hybridized carbons (Fsp3) is 0.250. The van der Waals surface area contributed by atoms with Gasteiger partial charge in [0.05, 0.1) is 5.69 Å². The van der Waals surface area contributed by atoms with Crippen molar-refractivity contribution < 1.29 is 0 Å². The van der Waals surface area contributed by atoms with Gasteiger partial charge in [0, 0.05) is 28.0 Å². The number of aryl methyl sites for hydroxylation is 2. The molecule has 0 aliphatic carbocycles. The van der Waals surface area contributed by atoms with Crippen LogP contribution in [0.5, 0.6) is 0 Å². The highest BCUT2D eigenvalue weighted by molar-refractivity contribution is 9.10. The first kappa shape index (κ1) is 11.7. The molecule has 2 aromatic rings. The minimum atomic E-state index is 0.586. The molecule has 0 saturated carbocycles. The van der Waals surface area contributed by atoms with Crippen molar-refractivity contribution in [2.24, 2.45) is 0 Å². The molecule has 0 unspecified atom stereocenters. The van der Waals surface area contributed by atoms with Crippen LogP contribution in [0.15, 0.2) is 28.7 Å². The molecule has 0 fully saturated rings. The van der Waals surface area contributed by atoms with E-state index in [0.29, 0.717) is 5.88 Å². The van der Waals surface area contributed by atoms with Crippen molar-refractivity contribution in [3.05, 3.63) is 40.3 Å². The number of nitrogens with one attached hydrogen (secondary N) is 1. The number of aromatic nitrogens is 2. The highest BCUT2D eigenvalue weighted by Gasteiger charge is 2.10. The molecule has 0 spiro atoms. The van der Waals surface area contributed by atoms with Crippen LogP contribution in [0.1, 0.15) is 11.5 Å². The minimum Gasteiger partial charge on any atom is -0.346 e. The Labute approximate surface area is 108 Å². The first-order valence-electron chi connectivity index (χ1n) is 5.08. The van der Waals surface area contributed by atoms with Gasteiger partial charge in [-0.25, -0.2) is 4.98 Å². The Balaban J connectivity index is 2.44. The van der Waals surface area contributed by atoms with Gasteiger partial charge in [0.15, 0.2) is 0 Å². The zero-order valence-electron chi connectivity index (χ0n) is 8.93. The summed E-state index contributed by atoms with van der Waals surface area (Å²) < 4.78 is 1.06. The van der Waals surface area contributed by atoms with E-state index in [1.165, 1.54) is 0 Å². The number of nitrogens with zero attached hydrogens (tertiary/aromatic N) is 1. The molecule has 4 heteroatoms. The van der Waals surface area contributed by atoms with Crippen LogP contribution in [0.3, 0.4) is 0 Å². The van der Waals surface area contributed by atoms with E-state index >= 15 is 0 Å². The molecule has 0 radical (unpaired) electrons. The normalized spacial score (nSPS) is 10.7. The van der Waals surface area contributed by atoms with E-state index in [1.54, 1.807) is 0 Å². The summed E-state index contributed by atoms with van der Waals surface area (Å²) in [5.41, 5.74) is 3.18. The van der Waals surface area contributed by atoms with Crippen LogP contribution in [0.2, 0.25) is 0 Å². The molecule has 1 aromatic heterocycles. The Morgan fingerprint density at radius 3 is 2.81 bits per heavy atom. The largest absolute Gasteiger partial charge is 0.346 e. The van der Waals surface area contributed by atoms with Gasteiger partial charge in [-0.2, -0.15) is 0 Å². The second-order valence-electron chi connectivity index (χ2n) is 3.58. The minimum absolute atomic E-state index is 0.586. The third kappa shape index (κ3) is 2.30. The predicted octanol–water partition coefficient (Wildman–Crippen LogP) is 3.93. The number of imidazole rings is 1. The van der Waals surface area contributed by atoms with Crippen LogP contribution in [-0.4, -0.2) is 15.8 Å². The summed E-state index contributed by atoms with van der Waals surface area (Å²) in [7, 11) is 0. The lowest BCUT2D eigenvalue weighted by atomic mass is 10.1. The summed E-state index contributed by atoms with van der Waals surface area (Å²) in [6, 6.07) is 8.08. The SMILES string of the molecule is Cc1[nH]c(CCCl)nc1-c1ccccc1Br. The van der Waals surface area contributed by atoms with Gasteiger partial charge in [-0.15, -0.1) is 11.6 Å². The fourth-order valence-corrected chi connectivity index (χ4v) is 2.30. The van der Waals surface area contributed by atoms with E-state index < -0.39 is 0 Å². The molecule has 0 aliphatic rings. The quantitative estimate of drug-likeness (QED) is 0.855. The first-order valence-corrected chi connectivity index (χ1v) is 6.41. The lowest BCUT2D eigenvalue weighted by Crippen LogP contribution is -1.88. The first-order chi connectivity index (χ1) is 7.72. The molecule has 0 bridgehead atoms. The summed E-state index contributed by atoms with van der Waals surface area (Å²) in [6.07, 6.45) is 0.771. The number of hydrogen-bond donors (Lipinski definition) is 1. The molecular weight excluding hydrogens is 288 g/mol. The van der Waals surface area contributed by atoms with Crippen molar-refractivity contribution in [2.45, 2.75) is 13.3 Å². The average Bonchev–Trinajstić information content (AvgIpc) is 2.61. The van der Waals surface area contributed by atoms with E-state index in [-0.39, 0.29) is 0 Å². The lowest BCUT2D eigenvalue weighted by Gasteiger charge is -2.01. The van der Waals surface area contributed by atoms with Gasteiger partial charge >= 0.3 is 0 Å². The summed E-state index contributed by atoms with van der Waals surface area (Å²) in [4.78, 5) is 7.82. The van der Waals surface area contributed by atoms with E-state index in [9.17, 15) is 0 Å². The zero-order chi connectivity index (χ0) is 11.5. The van der Waals surface area contributed by atoms with Crippen molar-refractivity contribution in [1.29, 1.82) is 0 Å².